The molecule has 1 atom stereocenters. The third kappa shape index (κ3) is 3.12. The lowest BCUT2D eigenvalue weighted by Gasteiger charge is -2.23. The molecule has 0 saturated heterocycles. The van der Waals surface area contributed by atoms with Crippen LogP contribution in [0.5, 0.6) is 0 Å². The van der Waals surface area contributed by atoms with Crippen LogP contribution in [0.3, 0.4) is 0 Å². The van der Waals surface area contributed by atoms with Crippen molar-refractivity contribution in [3.8, 4) is 0 Å². The lowest BCUT2D eigenvalue weighted by Crippen LogP contribution is -2.41. The predicted molar refractivity (Wildman–Crippen MR) is 68.6 cm³/mol. The van der Waals surface area contributed by atoms with Crippen LogP contribution in [-0.4, -0.2) is 39.7 Å². The summed E-state index contributed by atoms with van der Waals surface area (Å²) >= 11 is 0. The van der Waals surface area contributed by atoms with Crippen LogP contribution in [0.15, 0.2) is 6.20 Å². The van der Waals surface area contributed by atoms with Crippen molar-refractivity contribution in [2.75, 3.05) is 24.1 Å². The van der Waals surface area contributed by atoms with Crippen molar-refractivity contribution < 1.29 is 4.79 Å². The monoisotopic (exact) mass is 239 g/mol. The maximum atomic E-state index is 12.0. The SMILES string of the molecule is CCN(CC)C(=O)C(C)Nc1nn(C)cc1N. The summed E-state index contributed by atoms with van der Waals surface area (Å²) < 4.78 is 1.62. The van der Waals surface area contributed by atoms with Crippen LogP contribution in [0, 0.1) is 0 Å². The van der Waals surface area contributed by atoms with Gasteiger partial charge in [-0.15, -0.1) is 0 Å². The van der Waals surface area contributed by atoms with Gasteiger partial charge in [-0.3, -0.25) is 9.48 Å². The average Bonchev–Trinajstić information content (AvgIpc) is 2.59. The van der Waals surface area contributed by atoms with Crippen LogP contribution in [0.2, 0.25) is 0 Å². The Morgan fingerprint density at radius 2 is 2.18 bits per heavy atom. The Morgan fingerprint density at radius 1 is 1.59 bits per heavy atom. The predicted octanol–water partition coefficient (Wildman–Crippen LogP) is 0.671. The summed E-state index contributed by atoms with van der Waals surface area (Å²) in [5.74, 6) is 0.612. The molecule has 96 valence electrons. The summed E-state index contributed by atoms with van der Waals surface area (Å²) in [6.07, 6.45) is 1.71. The van der Waals surface area contributed by atoms with E-state index in [1.165, 1.54) is 0 Å². The van der Waals surface area contributed by atoms with E-state index in [4.69, 9.17) is 5.73 Å². The second kappa shape index (κ2) is 5.56. The Balaban J connectivity index is 2.68. The number of hydrogen-bond acceptors (Lipinski definition) is 4. The number of carbonyl (C=O) groups is 1. The molecule has 1 rings (SSSR count). The van der Waals surface area contributed by atoms with E-state index in [1.54, 1.807) is 22.8 Å². The smallest absolute Gasteiger partial charge is 0.244 e. The molecule has 3 N–H and O–H groups in total. The minimum atomic E-state index is -0.327. The average molecular weight is 239 g/mol. The van der Waals surface area contributed by atoms with Crippen LogP contribution in [-0.2, 0) is 11.8 Å². The van der Waals surface area contributed by atoms with Crippen molar-refractivity contribution in [1.29, 1.82) is 0 Å². The summed E-state index contributed by atoms with van der Waals surface area (Å²) in [7, 11) is 1.79. The number of likely N-dealkylation sites (N-methyl/N-ethyl adjacent to an activating group) is 1. The largest absolute Gasteiger partial charge is 0.394 e. The molecule has 1 aromatic heterocycles. The Hall–Kier alpha value is -1.72. The van der Waals surface area contributed by atoms with Gasteiger partial charge in [0.1, 0.15) is 6.04 Å². The van der Waals surface area contributed by atoms with Crippen LogP contribution in [0.1, 0.15) is 20.8 Å². The normalized spacial score (nSPS) is 12.2. The van der Waals surface area contributed by atoms with Crippen LogP contribution >= 0.6 is 0 Å². The zero-order valence-electron chi connectivity index (χ0n) is 10.9. The zero-order valence-corrected chi connectivity index (χ0v) is 10.9. The van der Waals surface area contributed by atoms with Gasteiger partial charge < -0.3 is 16.0 Å². The van der Waals surface area contributed by atoms with Gasteiger partial charge in [0.15, 0.2) is 5.82 Å². The Kier molecular flexibility index (Phi) is 4.37. The molecule has 6 heteroatoms. The molecule has 0 aliphatic carbocycles. The number of rotatable bonds is 5. The molecule has 1 unspecified atom stereocenters. The quantitative estimate of drug-likeness (QED) is 0.792. The molecule has 17 heavy (non-hydrogen) atoms. The fourth-order valence-electron chi connectivity index (χ4n) is 1.69. The number of hydrogen-bond donors (Lipinski definition) is 2. The maximum Gasteiger partial charge on any atom is 0.244 e. The first-order chi connectivity index (χ1) is 7.99. The van der Waals surface area contributed by atoms with Crippen molar-refractivity contribution in [2.24, 2.45) is 7.05 Å². The number of nitrogen functional groups attached to an aromatic ring is 1. The lowest BCUT2D eigenvalue weighted by molar-refractivity contribution is -0.131. The first-order valence-corrected chi connectivity index (χ1v) is 5.84. The molecule has 0 radical (unpaired) electrons. The first kappa shape index (κ1) is 13.3. The molecule has 6 nitrogen and oxygen atoms in total. The number of aromatic nitrogens is 2. The maximum absolute atomic E-state index is 12.0. The minimum absolute atomic E-state index is 0.0556. The van der Waals surface area contributed by atoms with E-state index in [2.05, 4.69) is 10.4 Å². The number of nitrogens with two attached hydrogens (primary N) is 1. The molecular formula is C11H21N5O. The van der Waals surface area contributed by atoms with E-state index < -0.39 is 0 Å². The van der Waals surface area contributed by atoms with Crippen molar-refractivity contribution in [1.82, 2.24) is 14.7 Å². The van der Waals surface area contributed by atoms with E-state index in [1.807, 2.05) is 20.8 Å². The second-order valence-corrected chi connectivity index (χ2v) is 3.98. The molecule has 0 bridgehead atoms. The Labute approximate surface area is 102 Å². The van der Waals surface area contributed by atoms with E-state index in [0.29, 0.717) is 24.6 Å². The first-order valence-electron chi connectivity index (χ1n) is 5.84. The fourth-order valence-corrected chi connectivity index (χ4v) is 1.69. The highest BCUT2D eigenvalue weighted by atomic mass is 16.2. The fraction of sp³-hybridized carbons (Fsp3) is 0.636. The Morgan fingerprint density at radius 3 is 2.59 bits per heavy atom. The van der Waals surface area contributed by atoms with Gasteiger partial charge in [-0.2, -0.15) is 5.10 Å². The van der Waals surface area contributed by atoms with Crippen molar-refractivity contribution in [3.05, 3.63) is 6.20 Å². The van der Waals surface area contributed by atoms with E-state index in [9.17, 15) is 4.79 Å². The number of carbonyl (C=O) groups excluding carboxylic acids is 1. The van der Waals surface area contributed by atoms with Gasteiger partial charge in [-0.1, -0.05) is 0 Å². The van der Waals surface area contributed by atoms with Gasteiger partial charge in [0, 0.05) is 26.3 Å². The van der Waals surface area contributed by atoms with Crippen molar-refractivity contribution in [3.63, 3.8) is 0 Å². The van der Waals surface area contributed by atoms with Crippen molar-refractivity contribution in [2.45, 2.75) is 26.8 Å². The summed E-state index contributed by atoms with van der Waals surface area (Å²) in [5, 5.41) is 7.19. The van der Waals surface area contributed by atoms with Gasteiger partial charge in [0.25, 0.3) is 0 Å². The topological polar surface area (TPSA) is 76.2 Å². The lowest BCUT2D eigenvalue weighted by atomic mass is 10.2. The summed E-state index contributed by atoms with van der Waals surface area (Å²) in [6.45, 7) is 7.15. The molecule has 1 aromatic rings. The number of aryl methyl sites for hydroxylation is 1. The second-order valence-electron chi connectivity index (χ2n) is 3.98. The highest BCUT2D eigenvalue weighted by molar-refractivity contribution is 5.84. The van der Waals surface area contributed by atoms with E-state index in [0.717, 1.165) is 0 Å². The minimum Gasteiger partial charge on any atom is -0.394 e. The van der Waals surface area contributed by atoms with Gasteiger partial charge in [-0.05, 0) is 20.8 Å². The molecule has 0 fully saturated rings. The van der Waals surface area contributed by atoms with Gasteiger partial charge >= 0.3 is 0 Å². The number of anilines is 2. The highest BCUT2D eigenvalue weighted by Crippen LogP contribution is 2.15. The summed E-state index contributed by atoms with van der Waals surface area (Å²) in [5.41, 5.74) is 6.31. The van der Waals surface area contributed by atoms with Gasteiger partial charge in [0.2, 0.25) is 5.91 Å². The molecule has 0 aliphatic rings. The molecule has 0 saturated carbocycles. The molecular weight excluding hydrogens is 218 g/mol. The van der Waals surface area contributed by atoms with Crippen LogP contribution < -0.4 is 11.1 Å². The number of nitrogens with zero attached hydrogens (tertiary/aromatic N) is 3. The highest BCUT2D eigenvalue weighted by Gasteiger charge is 2.19. The van der Waals surface area contributed by atoms with Gasteiger partial charge in [0.05, 0.1) is 5.69 Å². The van der Waals surface area contributed by atoms with Crippen LogP contribution in [0.4, 0.5) is 11.5 Å². The van der Waals surface area contributed by atoms with Crippen molar-refractivity contribution >= 4 is 17.4 Å². The van der Waals surface area contributed by atoms with Gasteiger partial charge in [-0.25, -0.2) is 0 Å². The number of amides is 1. The molecule has 1 amide bonds. The molecule has 0 spiro atoms. The number of nitrogens with one attached hydrogen (secondary N) is 1. The molecule has 0 aromatic carbocycles. The van der Waals surface area contributed by atoms with E-state index in [-0.39, 0.29) is 11.9 Å². The molecule has 1 heterocycles. The Bertz CT molecular complexity index is 383. The third-order valence-corrected chi connectivity index (χ3v) is 2.66. The zero-order chi connectivity index (χ0) is 13.0. The summed E-state index contributed by atoms with van der Waals surface area (Å²) in [6, 6.07) is -0.327. The van der Waals surface area contributed by atoms with E-state index >= 15 is 0 Å². The summed E-state index contributed by atoms with van der Waals surface area (Å²) in [4.78, 5) is 13.8. The van der Waals surface area contributed by atoms with Crippen LogP contribution in [0.25, 0.3) is 0 Å². The third-order valence-electron chi connectivity index (χ3n) is 2.66. The molecule has 0 aliphatic heterocycles. The standard InChI is InChI=1S/C11H21N5O/c1-5-16(6-2)11(17)8(3)13-10-9(12)7-15(4)14-10/h7-8H,5-6,12H2,1-4H3,(H,13,14).